The fourth-order valence-corrected chi connectivity index (χ4v) is 2.67. The van der Waals surface area contributed by atoms with Crippen LogP contribution in [0.2, 0.25) is 0 Å². The molecule has 2 unspecified atom stereocenters. The second-order valence-corrected chi connectivity index (χ2v) is 5.51. The van der Waals surface area contributed by atoms with Crippen molar-refractivity contribution >= 4 is 22.8 Å². The molecule has 0 spiro atoms. The van der Waals surface area contributed by atoms with E-state index in [1.807, 2.05) is 25.6 Å². The zero-order valence-corrected chi connectivity index (χ0v) is 12.9. The van der Waals surface area contributed by atoms with E-state index in [0.717, 1.165) is 29.1 Å². The van der Waals surface area contributed by atoms with Gasteiger partial charge >= 0.3 is 0 Å². The highest BCUT2D eigenvalue weighted by atomic mass is 35.5. The van der Waals surface area contributed by atoms with Gasteiger partial charge in [-0.1, -0.05) is 6.92 Å². The Balaban J connectivity index is 2.69. The van der Waals surface area contributed by atoms with Crippen molar-refractivity contribution in [2.75, 3.05) is 13.7 Å². The molecule has 0 N–H and O–H groups in total. The van der Waals surface area contributed by atoms with E-state index in [1.165, 1.54) is 0 Å². The number of hydrogen-bond acceptors (Lipinski definition) is 3. The number of imidazole rings is 1. The molecular formula is C13H21ClN4O. The number of aryl methyl sites for hydroxylation is 2. The quantitative estimate of drug-likeness (QED) is 0.793. The van der Waals surface area contributed by atoms with E-state index in [2.05, 4.69) is 21.6 Å². The van der Waals surface area contributed by atoms with Crippen LogP contribution in [0, 0.1) is 6.92 Å². The largest absolute Gasteiger partial charge is 0.383 e. The number of hydrogen-bond donors (Lipinski definition) is 0. The van der Waals surface area contributed by atoms with Crippen LogP contribution in [0.1, 0.15) is 43.2 Å². The number of nitrogens with zero attached hydrogens (tertiary/aromatic N) is 4. The summed E-state index contributed by atoms with van der Waals surface area (Å²) in [6, 6.07) is 0.223. The van der Waals surface area contributed by atoms with Gasteiger partial charge in [-0.2, -0.15) is 5.10 Å². The molecule has 6 heteroatoms. The number of halogens is 1. The molecule has 2 rings (SSSR count). The number of aromatic nitrogens is 4. The van der Waals surface area contributed by atoms with Gasteiger partial charge in [0.2, 0.25) is 0 Å². The Hall–Kier alpha value is -1.07. The molecule has 0 aliphatic carbocycles. The summed E-state index contributed by atoms with van der Waals surface area (Å²) < 4.78 is 9.38. The highest BCUT2D eigenvalue weighted by molar-refractivity contribution is 6.20. The third kappa shape index (κ3) is 2.37. The van der Waals surface area contributed by atoms with Crippen molar-refractivity contribution in [1.82, 2.24) is 19.3 Å². The van der Waals surface area contributed by atoms with Gasteiger partial charge in [0.25, 0.3) is 0 Å². The third-order valence-corrected chi connectivity index (χ3v) is 3.61. The summed E-state index contributed by atoms with van der Waals surface area (Å²) in [5, 5.41) is 4.30. The van der Waals surface area contributed by atoms with Crippen LogP contribution >= 0.6 is 11.6 Å². The highest BCUT2D eigenvalue weighted by Gasteiger charge is 2.24. The molecule has 0 saturated heterocycles. The third-order valence-electron chi connectivity index (χ3n) is 3.41. The molecule has 2 aromatic heterocycles. The van der Waals surface area contributed by atoms with Crippen LogP contribution in [-0.4, -0.2) is 33.0 Å². The Morgan fingerprint density at radius 1 is 1.42 bits per heavy atom. The molecule has 0 amide bonds. The van der Waals surface area contributed by atoms with Crippen LogP contribution in [0.5, 0.6) is 0 Å². The maximum atomic E-state index is 6.29. The lowest BCUT2D eigenvalue weighted by molar-refractivity contribution is 0.153. The Morgan fingerprint density at radius 2 is 2.11 bits per heavy atom. The average Bonchev–Trinajstić information content (AvgIpc) is 2.86. The van der Waals surface area contributed by atoms with Gasteiger partial charge in [0.15, 0.2) is 5.65 Å². The minimum atomic E-state index is -0.141. The van der Waals surface area contributed by atoms with E-state index in [1.54, 1.807) is 7.11 Å². The van der Waals surface area contributed by atoms with E-state index in [0.29, 0.717) is 6.61 Å². The lowest BCUT2D eigenvalue weighted by atomic mass is 10.2. The van der Waals surface area contributed by atoms with Gasteiger partial charge in [0.05, 0.1) is 23.7 Å². The molecule has 0 aliphatic rings. The van der Waals surface area contributed by atoms with Crippen LogP contribution in [0.4, 0.5) is 0 Å². The predicted molar refractivity (Wildman–Crippen MR) is 76.7 cm³/mol. The van der Waals surface area contributed by atoms with Crippen molar-refractivity contribution in [3.8, 4) is 0 Å². The SMILES string of the molecule is CCC(COC)n1c(C(C)Cl)nc2c(C)nn(C)c21. The molecular weight excluding hydrogens is 264 g/mol. The molecule has 0 fully saturated rings. The molecule has 2 aromatic rings. The Bertz CT molecular complexity index is 573. The Morgan fingerprint density at radius 3 is 2.63 bits per heavy atom. The van der Waals surface area contributed by atoms with Crippen LogP contribution in [0.25, 0.3) is 11.2 Å². The van der Waals surface area contributed by atoms with Gasteiger partial charge in [-0.15, -0.1) is 11.6 Å². The van der Waals surface area contributed by atoms with Crippen LogP contribution in [-0.2, 0) is 11.8 Å². The van der Waals surface area contributed by atoms with Crippen LogP contribution < -0.4 is 0 Å². The van der Waals surface area contributed by atoms with Gasteiger partial charge in [-0.3, -0.25) is 4.68 Å². The second kappa shape index (κ2) is 5.51. The number of methoxy groups -OCH3 is 1. The first kappa shape index (κ1) is 14.3. The Kier molecular flexibility index (Phi) is 4.16. The fraction of sp³-hybridized carbons (Fsp3) is 0.692. The topological polar surface area (TPSA) is 44.9 Å². The van der Waals surface area contributed by atoms with Crippen molar-refractivity contribution in [1.29, 1.82) is 0 Å². The van der Waals surface area contributed by atoms with E-state index < -0.39 is 0 Å². The average molecular weight is 285 g/mol. The zero-order valence-electron chi connectivity index (χ0n) is 12.1. The first-order chi connectivity index (χ1) is 9.01. The Labute approximate surface area is 118 Å². The first-order valence-electron chi connectivity index (χ1n) is 6.55. The molecule has 106 valence electrons. The molecule has 2 heterocycles. The standard InChI is InChI=1S/C13H21ClN4O/c1-6-10(7-19-5)18-12(8(2)14)15-11-9(3)16-17(4)13(11)18/h8,10H,6-7H2,1-5H3. The van der Waals surface area contributed by atoms with Gasteiger partial charge in [-0.05, 0) is 20.3 Å². The predicted octanol–water partition coefficient (Wildman–Crippen LogP) is 2.98. The van der Waals surface area contributed by atoms with Crippen LogP contribution in [0.15, 0.2) is 0 Å². The normalized spacial score (nSPS) is 15.1. The number of rotatable bonds is 5. The first-order valence-corrected chi connectivity index (χ1v) is 6.99. The molecule has 0 aliphatic heterocycles. The number of fused-ring (bicyclic) bond motifs is 1. The molecule has 0 radical (unpaired) electrons. The summed E-state index contributed by atoms with van der Waals surface area (Å²) in [5.74, 6) is 0.886. The van der Waals surface area contributed by atoms with Gasteiger partial charge < -0.3 is 9.30 Å². The van der Waals surface area contributed by atoms with Crippen molar-refractivity contribution in [3.05, 3.63) is 11.5 Å². The highest BCUT2D eigenvalue weighted by Crippen LogP contribution is 2.30. The van der Waals surface area contributed by atoms with Crippen molar-refractivity contribution in [2.45, 2.75) is 38.6 Å². The monoisotopic (exact) mass is 284 g/mol. The zero-order chi connectivity index (χ0) is 14.2. The smallest absolute Gasteiger partial charge is 0.159 e. The lowest BCUT2D eigenvalue weighted by Gasteiger charge is -2.20. The minimum absolute atomic E-state index is 0.141. The van der Waals surface area contributed by atoms with Gasteiger partial charge in [0, 0.05) is 14.2 Å². The molecule has 0 aromatic carbocycles. The summed E-state index contributed by atoms with van der Waals surface area (Å²) in [6.45, 7) is 6.70. The second-order valence-electron chi connectivity index (χ2n) is 4.85. The number of alkyl halides is 1. The maximum absolute atomic E-state index is 6.29. The van der Waals surface area contributed by atoms with E-state index in [9.17, 15) is 0 Å². The molecule has 0 saturated carbocycles. The summed E-state index contributed by atoms with van der Waals surface area (Å²) in [7, 11) is 3.66. The minimum Gasteiger partial charge on any atom is -0.383 e. The number of ether oxygens (including phenoxy) is 1. The van der Waals surface area contributed by atoms with Crippen molar-refractivity contribution in [3.63, 3.8) is 0 Å². The lowest BCUT2D eigenvalue weighted by Crippen LogP contribution is -2.18. The van der Waals surface area contributed by atoms with Crippen molar-refractivity contribution in [2.24, 2.45) is 7.05 Å². The molecule has 0 bridgehead atoms. The van der Waals surface area contributed by atoms with Gasteiger partial charge in [0.1, 0.15) is 11.3 Å². The van der Waals surface area contributed by atoms with Crippen LogP contribution in [0.3, 0.4) is 0 Å². The summed E-state index contributed by atoms with van der Waals surface area (Å²) in [4.78, 5) is 4.68. The van der Waals surface area contributed by atoms with Gasteiger partial charge in [-0.25, -0.2) is 4.98 Å². The van der Waals surface area contributed by atoms with E-state index in [-0.39, 0.29) is 11.4 Å². The molecule has 2 atom stereocenters. The summed E-state index contributed by atoms with van der Waals surface area (Å²) >= 11 is 6.29. The molecule has 19 heavy (non-hydrogen) atoms. The van der Waals surface area contributed by atoms with E-state index >= 15 is 0 Å². The molecule has 5 nitrogen and oxygen atoms in total. The maximum Gasteiger partial charge on any atom is 0.159 e. The summed E-state index contributed by atoms with van der Waals surface area (Å²) in [6.07, 6.45) is 0.958. The fourth-order valence-electron chi connectivity index (χ4n) is 2.52. The van der Waals surface area contributed by atoms with Crippen molar-refractivity contribution < 1.29 is 4.74 Å². The summed E-state index contributed by atoms with van der Waals surface area (Å²) in [5.41, 5.74) is 2.88. The van der Waals surface area contributed by atoms with E-state index in [4.69, 9.17) is 16.3 Å².